The highest BCUT2D eigenvalue weighted by Crippen LogP contribution is 2.58. The van der Waals surface area contributed by atoms with Crippen molar-refractivity contribution < 1.29 is 4.79 Å². The van der Waals surface area contributed by atoms with Crippen LogP contribution < -0.4 is 5.73 Å². The molecule has 2 aromatic carbocycles. The summed E-state index contributed by atoms with van der Waals surface area (Å²) in [6.45, 7) is 5.32. The van der Waals surface area contributed by atoms with E-state index in [1.165, 1.54) is 11.1 Å². The third kappa shape index (κ3) is 3.49. The van der Waals surface area contributed by atoms with Crippen LogP contribution in [0.3, 0.4) is 0 Å². The van der Waals surface area contributed by atoms with Crippen LogP contribution in [0.4, 0.5) is 0 Å². The van der Waals surface area contributed by atoms with Crippen LogP contribution in [0.25, 0.3) is 0 Å². The van der Waals surface area contributed by atoms with Crippen LogP contribution in [0, 0.1) is 23.2 Å². The molecule has 6 atom stereocenters. The van der Waals surface area contributed by atoms with Gasteiger partial charge in [-0.3, -0.25) is 14.7 Å². The molecule has 32 heavy (non-hydrogen) atoms. The van der Waals surface area contributed by atoms with E-state index in [2.05, 4.69) is 85.6 Å². The molecule has 4 aliphatic rings. The van der Waals surface area contributed by atoms with E-state index in [1.54, 1.807) is 0 Å². The second-order valence-electron chi connectivity index (χ2n) is 10.5. The maximum absolute atomic E-state index is 13.3. The number of hydrogen-bond donors (Lipinski definition) is 1. The van der Waals surface area contributed by atoms with E-state index in [-0.39, 0.29) is 18.0 Å². The number of carbonyl (C=O) groups excluding carboxylic acids is 1. The van der Waals surface area contributed by atoms with Crippen molar-refractivity contribution >= 4 is 12.1 Å². The smallest absolute Gasteiger partial charge is 0.227 e. The van der Waals surface area contributed by atoms with Crippen molar-refractivity contribution in [2.24, 2.45) is 33.9 Å². The van der Waals surface area contributed by atoms with Gasteiger partial charge in [-0.05, 0) is 48.6 Å². The lowest BCUT2D eigenvalue weighted by atomic mass is 9.56. The summed E-state index contributed by atoms with van der Waals surface area (Å²) in [6.07, 6.45) is 6.00. The summed E-state index contributed by atoms with van der Waals surface area (Å²) in [5.41, 5.74) is 8.37. The summed E-state index contributed by atoms with van der Waals surface area (Å²) in [6, 6.07) is 22.0. The molecule has 0 aromatic heterocycles. The number of aliphatic imine (C=N–C) groups is 1. The molecule has 2 N–H and O–H groups in total. The van der Waals surface area contributed by atoms with E-state index >= 15 is 0 Å². The monoisotopic (exact) mass is 429 g/mol. The van der Waals surface area contributed by atoms with Crippen LogP contribution in [0.15, 0.2) is 65.7 Å². The van der Waals surface area contributed by atoms with Crippen LogP contribution in [0.1, 0.15) is 44.2 Å². The number of amides is 1. The Kier molecular flexibility index (Phi) is 5.66. The predicted molar refractivity (Wildman–Crippen MR) is 129 cm³/mol. The number of carbonyl (C=O) groups is 1. The second kappa shape index (κ2) is 8.47. The largest absolute Gasteiger partial charge is 0.369 e. The van der Waals surface area contributed by atoms with E-state index in [4.69, 9.17) is 10.7 Å². The standard InChI is InChI=1S/C28H35N3O/c1-19(2)13-14-28(27(29)32)25-16-22-23(17-30-25)26(28)31(18-21-11-7-4-8-12-21)24(22)15-20-9-5-3-6-10-20/h3-12,17,19,22-26H,13-16,18H2,1-2H3,(H2,29,32). The number of nitrogens with zero attached hydrogens (tertiary/aromatic N) is 2. The second-order valence-corrected chi connectivity index (χ2v) is 10.5. The SMILES string of the molecule is CC(C)CCC1(C(N)=O)C2CC3C(C=N2)C1N(Cc1ccccc1)C3Cc1ccccc1. The van der Waals surface area contributed by atoms with Gasteiger partial charge < -0.3 is 5.73 Å². The third-order valence-electron chi connectivity index (χ3n) is 8.28. The Hall–Kier alpha value is -2.46. The van der Waals surface area contributed by atoms with Gasteiger partial charge >= 0.3 is 0 Å². The molecule has 0 radical (unpaired) electrons. The molecule has 1 saturated carbocycles. The van der Waals surface area contributed by atoms with Gasteiger partial charge in [-0.15, -0.1) is 0 Å². The van der Waals surface area contributed by atoms with Crippen molar-refractivity contribution in [2.75, 3.05) is 0 Å². The van der Waals surface area contributed by atoms with Crippen LogP contribution in [-0.2, 0) is 17.8 Å². The normalized spacial score (nSPS) is 33.2. The Balaban J connectivity index is 1.57. The fourth-order valence-corrected chi connectivity index (χ4v) is 6.78. The molecule has 0 spiro atoms. The third-order valence-corrected chi connectivity index (χ3v) is 8.28. The minimum atomic E-state index is -0.569. The minimum absolute atomic E-state index is 0.0118. The zero-order chi connectivity index (χ0) is 22.3. The Morgan fingerprint density at radius 1 is 1.09 bits per heavy atom. The number of likely N-dealkylation sites (tertiary alicyclic amines) is 1. The van der Waals surface area contributed by atoms with Gasteiger partial charge in [-0.25, -0.2) is 0 Å². The molecule has 4 bridgehead atoms. The zero-order valence-electron chi connectivity index (χ0n) is 19.2. The Labute approximate surface area is 191 Å². The van der Waals surface area contributed by atoms with Crippen molar-refractivity contribution in [3.8, 4) is 0 Å². The fraction of sp³-hybridized carbons (Fsp3) is 0.500. The van der Waals surface area contributed by atoms with Crippen LogP contribution in [0.2, 0.25) is 0 Å². The quantitative estimate of drug-likeness (QED) is 0.673. The number of nitrogens with two attached hydrogens (primary N) is 1. The van der Waals surface area contributed by atoms with Crippen molar-refractivity contribution in [3.05, 3.63) is 71.8 Å². The molecule has 4 nitrogen and oxygen atoms in total. The van der Waals surface area contributed by atoms with E-state index in [1.807, 2.05) is 0 Å². The maximum atomic E-state index is 13.3. The first-order valence-electron chi connectivity index (χ1n) is 12.2. The van der Waals surface area contributed by atoms with Crippen molar-refractivity contribution in [1.29, 1.82) is 0 Å². The lowest BCUT2D eigenvalue weighted by molar-refractivity contribution is -0.137. The number of benzene rings is 2. The van der Waals surface area contributed by atoms with Gasteiger partial charge in [0.05, 0.1) is 11.5 Å². The Bertz CT molecular complexity index is 973. The topological polar surface area (TPSA) is 58.7 Å². The van der Waals surface area contributed by atoms with Crippen LogP contribution >= 0.6 is 0 Å². The van der Waals surface area contributed by atoms with E-state index < -0.39 is 5.41 Å². The lowest BCUT2D eigenvalue weighted by Gasteiger charge is -2.52. The van der Waals surface area contributed by atoms with Gasteiger partial charge in [-0.1, -0.05) is 74.5 Å². The van der Waals surface area contributed by atoms with Gasteiger partial charge in [0.1, 0.15) is 0 Å². The van der Waals surface area contributed by atoms with Crippen LogP contribution in [0.5, 0.6) is 0 Å². The predicted octanol–water partition coefficient (Wildman–Crippen LogP) is 4.48. The Morgan fingerprint density at radius 2 is 1.75 bits per heavy atom. The van der Waals surface area contributed by atoms with Gasteiger partial charge in [0.2, 0.25) is 5.91 Å². The molecule has 168 valence electrons. The molecule has 1 amide bonds. The number of primary amides is 1. The first kappa shape index (κ1) is 21.4. The van der Waals surface area contributed by atoms with Gasteiger partial charge in [0.15, 0.2) is 0 Å². The molecule has 1 saturated heterocycles. The van der Waals surface area contributed by atoms with Crippen molar-refractivity contribution in [3.63, 3.8) is 0 Å². The summed E-state index contributed by atoms with van der Waals surface area (Å²) in [5.74, 6) is 1.22. The summed E-state index contributed by atoms with van der Waals surface area (Å²) in [4.78, 5) is 20.8. The highest BCUT2D eigenvalue weighted by atomic mass is 16.1. The van der Waals surface area contributed by atoms with Gasteiger partial charge in [0, 0.05) is 30.8 Å². The fourth-order valence-electron chi connectivity index (χ4n) is 6.78. The summed E-state index contributed by atoms with van der Waals surface area (Å²) < 4.78 is 0. The molecular weight excluding hydrogens is 394 g/mol. The van der Waals surface area contributed by atoms with Gasteiger partial charge in [0.25, 0.3) is 0 Å². The van der Waals surface area contributed by atoms with Crippen molar-refractivity contribution in [1.82, 2.24) is 4.90 Å². The molecular formula is C28H35N3O. The average Bonchev–Trinajstić information content (AvgIpc) is 3.05. The first-order chi connectivity index (χ1) is 15.5. The number of hydrogen-bond acceptors (Lipinski definition) is 3. The van der Waals surface area contributed by atoms with E-state index in [9.17, 15) is 4.79 Å². The summed E-state index contributed by atoms with van der Waals surface area (Å²) >= 11 is 0. The minimum Gasteiger partial charge on any atom is -0.369 e. The van der Waals surface area contributed by atoms with Gasteiger partial charge in [-0.2, -0.15) is 0 Å². The molecule has 3 heterocycles. The molecule has 2 fully saturated rings. The van der Waals surface area contributed by atoms with Crippen LogP contribution in [-0.4, -0.2) is 35.1 Å². The van der Waals surface area contributed by atoms with E-state index in [0.717, 1.165) is 32.2 Å². The molecule has 4 heteroatoms. The number of rotatable bonds is 8. The average molecular weight is 430 g/mol. The zero-order valence-corrected chi connectivity index (χ0v) is 19.2. The Morgan fingerprint density at radius 3 is 2.38 bits per heavy atom. The highest BCUT2D eigenvalue weighted by Gasteiger charge is 2.67. The molecule has 3 aliphatic heterocycles. The van der Waals surface area contributed by atoms with E-state index in [0.29, 0.717) is 23.8 Å². The molecule has 6 rings (SSSR count). The highest BCUT2D eigenvalue weighted by molar-refractivity contribution is 5.86. The summed E-state index contributed by atoms with van der Waals surface area (Å²) in [5, 5.41) is 0. The summed E-state index contributed by atoms with van der Waals surface area (Å²) in [7, 11) is 0. The molecule has 2 aromatic rings. The molecule has 1 aliphatic carbocycles. The maximum Gasteiger partial charge on any atom is 0.227 e. The van der Waals surface area contributed by atoms with Crippen molar-refractivity contribution in [2.45, 2.75) is 64.2 Å². The first-order valence-corrected chi connectivity index (χ1v) is 12.2. The molecule has 6 unspecified atom stereocenters. The lowest BCUT2D eigenvalue weighted by Crippen LogP contribution is -2.64.